The van der Waals surface area contributed by atoms with Crippen molar-refractivity contribution in [3.63, 3.8) is 0 Å². The van der Waals surface area contributed by atoms with Crippen LogP contribution in [-0.4, -0.2) is 18.7 Å². The minimum absolute atomic E-state index is 0.272. The van der Waals surface area contributed by atoms with Crippen molar-refractivity contribution in [2.24, 2.45) is 0 Å². The van der Waals surface area contributed by atoms with Gasteiger partial charge in [0.15, 0.2) is 11.6 Å². The number of nitrogens with one attached hydrogen (secondary N) is 1. The summed E-state index contributed by atoms with van der Waals surface area (Å²) in [6.45, 7) is 2.68. The zero-order chi connectivity index (χ0) is 9.84. The zero-order valence-electron chi connectivity index (χ0n) is 7.89. The molecule has 0 fully saturated rings. The van der Waals surface area contributed by atoms with Crippen LogP contribution < -0.4 is 5.32 Å². The Morgan fingerprint density at radius 1 is 1.46 bits per heavy atom. The summed E-state index contributed by atoms with van der Waals surface area (Å²) in [7, 11) is 1.85. The third-order valence-electron chi connectivity index (χ3n) is 2.05. The zero-order valence-corrected chi connectivity index (χ0v) is 7.89. The van der Waals surface area contributed by atoms with E-state index < -0.39 is 5.82 Å². The van der Waals surface area contributed by atoms with Crippen LogP contribution in [-0.2, 0) is 6.42 Å². The molecule has 0 bridgehead atoms. The molecule has 2 nitrogen and oxygen atoms in total. The molecule has 0 saturated carbocycles. The summed E-state index contributed by atoms with van der Waals surface area (Å²) in [5, 5.41) is 12.1. The Labute approximate surface area is 77.4 Å². The van der Waals surface area contributed by atoms with Crippen molar-refractivity contribution < 1.29 is 9.50 Å². The molecule has 0 amide bonds. The Morgan fingerprint density at radius 2 is 2.15 bits per heavy atom. The fourth-order valence-corrected chi connectivity index (χ4v) is 1.24. The van der Waals surface area contributed by atoms with Crippen molar-refractivity contribution in [2.75, 3.05) is 13.6 Å². The Morgan fingerprint density at radius 3 is 2.77 bits per heavy atom. The summed E-state index contributed by atoms with van der Waals surface area (Å²) < 4.78 is 12.9. The molecule has 0 aliphatic carbocycles. The molecule has 0 atom stereocenters. The first-order valence-electron chi connectivity index (χ1n) is 4.27. The van der Waals surface area contributed by atoms with E-state index in [4.69, 9.17) is 5.11 Å². The first-order chi connectivity index (χ1) is 6.15. The van der Waals surface area contributed by atoms with E-state index in [-0.39, 0.29) is 5.75 Å². The van der Waals surface area contributed by atoms with E-state index in [9.17, 15) is 4.39 Å². The highest BCUT2D eigenvalue weighted by atomic mass is 19.1. The molecule has 0 spiro atoms. The van der Waals surface area contributed by atoms with Crippen LogP contribution in [0.1, 0.15) is 11.1 Å². The predicted octanol–water partition coefficient (Wildman–Crippen LogP) is 1.60. The van der Waals surface area contributed by atoms with E-state index in [0.29, 0.717) is 0 Å². The van der Waals surface area contributed by atoms with Gasteiger partial charge in [0.05, 0.1) is 0 Å². The summed E-state index contributed by atoms with van der Waals surface area (Å²) in [4.78, 5) is 0. The van der Waals surface area contributed by atoms with Crippen LogP contribution in [0, 0.1) is 12.7 Å². The number of hydrogen-bond acceptors (Lipinski definition) is 2. The lowest BCUT2D eigenvalue weighted by Gasteiger charge is -2.06. The lowest BCUT2D eigenvalue weighted by molar-refractivity contribution is 0.431. The third kappa shape index (κ3) is 2.42. The molecule has 0 radical (unpaired) electrons. The van der Waals surface area contributed by atoms with Crippen LogP contribution in [0.5, 0.6) is 5.75 Å². The van der Waals surface area contributed by atoms with Gasteiger partial charge in [-0.05, 0) is 50.2 Å². The summed E-state index contributed by atoms with van der Waals surface area (Å²) in [5.41, 5.74) is 1.86. The maximum absolute atomic E-state index is 12.9. The van der Waals surface area contributed by atoms with Crippen molar-refractivity contribution in [1.82, 2.24) is 5.32 Å². The molecule has 0 aliphatic heterocycles. The summed E-state index contributed by atoms with van der Waals surface area (Å²) in [5.74, 6) is -0.817. The van der Waals surface area contributed by atoms with Crippen molar-refractivity contribution in [1.29, 1.82) is 0 Å². The van der Waals surface area contributed by atoms with Gasteiger partial charge in [-0.1, -0.05) is 0 Å². The lowest BCUT2D eigenvalue weighted by Crippen LogP contribution is -2.11. The minimum Gasteiger partial charge on any atom is -0.505 e. The molecule has 1 aromatic carbocycles. The van der Waals surface area contributed by atoms with Crippen molar-refractivity contribution >= 4 is 0 Å². The van der Waals surface area contributed by atoms with Crippen LogP contribution in [0.3, 0.4) is 0 Å². The van der Waals surface area contributed by atoms with E-state index in [1.54, 1.807) is 0 Å². The molecule has 0 unspecified atom stereocenters. The average molecular weight is 183 g/mol. The van der Waals surface area contributed by atoms with Gasteiger partial charge < -0.3 is 10.4 Å². The lowest BCUT2D eigenvalue weighted by atomic mass is 10.1. The number of benzene rings is 1. The number of aromatic hydroxyl groups is 1. The number of aryl methyl sites for hydroxylation is 1. The monoisotopic (exact) mass is 183 g/mol. The Balaban J connectivity index is 2.88. The Kier molecular flexibility index (Phi) is 3.25. The predicted molar refractivity (Wildman–Crippen MR) is 50.4 cm³/mol. The largest absolute Gasteiger partial charge is 0.505 e. The van der Waals surface area contributed by atoms with Crippen LogP contribution in [0.2, 0.25) is 0 Å². The molecule has 1 aromatic rings. The van der Waals surface area contributed by atoms with E-state index in [0.717, 1.165) is 24.1 Å². The second-order valence-corrected chi connectivity index (χ2v) is 3.08. The number of halogens is 1. The van der Waals surface area contributed by atoms with Gasteiger partial charge >= 0.3 is 0 Å². The highest BCUT2D eigenvalue weighted by Gasteiger charge is 2.05. The molecule has 72 valence electrons. The molecule has 0 saturated heterocycles. The SMILES string of the molecule is CNCCc1cc(F)c(O)cc1C. The van der Waals surface area contributed by atoms with Crippen LogP contribution in [0.15, 0.2) is 12.1 Å². The molecule has 13 heavy (non-hydrogen) atoms. The van der Waals surface area contributed by atoms with Gasteiger partial charge in [-0.15, -0.1) is 0 Å². The van der Waals surface area contributed by atoms with E-state index >= 15 is 0 Å². The van der Waals surface area contributed by atoms with Gasteiger partial charge in [0.2, 0.25) is 0 Å². The Hall–Kier alpha value is -1.09. The first kappa shape index (κ1) is 9.99. The van der Waals surface area contributed by atoms with Gasteiger partial charge in [-0.2, -0.15) is 0 Å². The summed E-state index contributed by atoms with van der Waals surface area (Å²) in [6, 6.07) is 2.85. The summed E-state index contributed by atoms with van der Waals surface area (Å²) in [6.07, 6.45) is 0.777. The smallest absolute Gasteiger partial charge is 0.165 e. The second-order valence-electron chi connectivity index (χ2n) is 3.08. The maximum Gasteiger partial charge on any atom is 0.165 e. The quantitative estimate of drug-likeness (QED) is 0.746. The first-order valence-corrected chi connectivity index (χ1v) is 4.27. The number of hydrogen-bond donors (Lipinski definition) is 2. The number of phenols is 1. The molecule has 2 N–H and O–H groups in total. The molecule has 3 heteroatoms. The van der Waals surface area contributed by atoms with E-state index in [1.165, 1.54) is 12.1 Å². The van der Waals surface area contributed by atoms with Gasteiger partial charge in [-0.25, -0.2) is 4.39 Å². The maximum atomic E-state index is 12.9. The second kappa shape index (κ2) is 4.23. The topological polar surface area (TPSA) is 32.3 Å². The highest BCUT2D eigenvalue weighted by Crippen LogP contribution is 2.20. The van der Waals surface area contributed by atoms with Crippen LogP contribution in [0.4, 0.5) is 4.39 Å². The van der Waals surface area contributed by atoms with Gasteiger partial charge in [0.1, 0.15) is 0 Å². The third-order valence-corrected chi connectivity index (χ3v) is 2.05. The molecular formula is C10H14FNO. The van der Waals surface area contributed by atoms with E-state index in [2.05, 4.69) is 5.32 Å². The fourth-order valence-electron chi connectivity index (χ4n) is 1.24. The van der Waals surface area contributed by atoms with Gasteiger partial charge in [-0.3, -0.25) is 0 Å². The molecular weight excluding hydrogens is 169 g/mol. The molecule has 1 rings (SSSR count). The van der Waals surface area contributed by atoms with Crippen LogP contribution >= 0.6 is 0 Å². The average Bonchev–Trinajstić information content (AvgIpc) is 2.09. The molecule has 0 heterocycles. The minimum atomic E-state index is -0.545. The normalized spacial score (nSPS) is 10.4. The number of rotatable bonds is 3. The van der Waals surface area contributed by atoms with Crippen LogP contribution in [0.25, 0.3) is 0 Å². The Bertz CT molecular complexity index is 299. The molecule has 0 aromatic heterocycles. The number of likely N-dealkylation sites (N-methyl/N-ethyl adjacent to an activating group) is 1. The number of phenolic OH excluding ortho intramolecular Hbond substituents is 1. The van der Waals surface area contributed by atoms with E-state index in [1.807, 2.05) is 14.0 Å². The standard InChI is InChI=1S/C10H14FNO/c1-7-5-10(13)9(11)6-8(7)3-4-12-2/h5-6,12-13H,3-4H2,1-2H3. The fraction of sp³-hybridized carbons (Fsp3) is 0.400. The van der Waals surface area contributed by atoms with Crippen molar-refractivity contribution in [3.8, 4) is 5.75 Å². The van der Waals surface area contributed by atoms with Gasteiger partial charge in [0.25, 0.3) is 0 Å². The van der Waals surface area contributed by atoms with Gasteiger partial charge in [0, 0.05) is 0 Å². The van der Waals surface area contributed by atoms with Crippen molar-refractivity contribution in [2.45, 2.75) is 13.3 Å². The van der Waals surface area contributed by atoms with Crippen molar-refractivity contribution in [3.05, 3.63) is 29.1 Å². The highest BCUT2D eigenvalue weighted by molar-refractivity contribution is 5.35. The summed E-state index contributed by atoms with van der Waals surface area (Å²) >= 11 is 0. The molecule has 0 aliphatic rings.